The quantitative estimate of drug-likeness (QED) is 0.678. The second-order valence-electron chi connectivity index (χ2n) is 4.29. The van der Waals surface area contributed by atoms with Crippen LogP contribution in [0.3, 0.4) is 0 Å². The van der Waals surface area contributed by atoms with Crippen LogP contribution in [0.4, 0.5) is 0 Å². The van der Waals surface area contributed by atoms with Crippen molar-refractivity contribution in [1.29, 1.82) is 0 Å². The standard InChI is InChI=1S/C10H18N2O2/c11-14-7-9-3-1-2-6-12(9)10(13)8-4-5-8/h8-9H,1-7,11H2. The van der Waals surface area contributed by atoms with Crippen LogP contribution in [-0.4, -0.2) is 30.0 Å². The van der Waals surface area contributed by atoms with Gasteiger partial charge in [0.25, 0.3) is 0 Å². The number of nitrogens with zero attached hydrogens (tertiary/aromatic N) is 1. The van der Waals surface area contributed by atoms with E-state index in [1.165, 1.54) is 6.42 Å². The molecule has 2 N–H and O–H groups in total. The summed E-state index contributed by atoms with van der Waals surface area (Å²) in [7, 11) is 0. The van der Waals surface area contributed by atoms with Gasteiger partial charge in [0, 0.05) is 12.5 Å². The van der Waals surface area contributed by atoms with Crippen LogP contribution in [0.25, 0.3) is 0 Å². The molecule has 2 rings (SSSR count). The fraction of sp³-hybridized carbons (Fsp3) is 0.900. The first-order chi connectivity index (χ1) is 6.83. The van der Waals surface area contributed by atoms with Crippen LogP contribution < -0.4 is 5.90 Å². The van der Waals surface area contributed by atoms with Gasteiger partial charge in [0.1, 0.15) is 0 Å². The van der Waals surface area contributed by atoms with E-state index in [-0.39, 0.29) is 6.04 Å². The van der Waals surface area contributed by atoms with E-state index < -0.39 is 0 Å². The fourth-order valence-corrected chi connectivity index (χ4v) is 2.14. The molecule has 2 fully saturated rings. The van der Waals surface area contributed by atoms with E-state index in [1.54, 1.807) is 0 Å². The predicted molar refractivity (Wildman–Crippen MR) is 52.2 cm³/mol. The van der Waals surface area contributed by atoms with Gasteiger partial charge in [-0.3, -0.25) is 4.79 Å². The Morgan fingerprint density at radius 1 is 1.36 bits per heavy atom. The fourth-order valence-electron chi connectivity index (χ4n) is 2.14. The summed E-state index contributed by atoms with van der Waals surface area (Å²) < 4.78 is 0. The van der Waals surface area contributed by atoms with Crippen LogP contribution >= 0.6 is 0 Å². The van der Waals surface area contributed by atoms with Gasteiger partial charge in [-0.15, -0.1) is 0 Å². The van der Waals surface area contributed by atoms with Gasteiger partial charge < -0.3 is 9.74 Å². The summed E-state index contributed by atoms with van der Waals surface area (Å²) in [5.41, 5.74) is 0. The molecule has 4 heteroatoms. The van der Waals surface area contributed by atoms with Crippen LogP contribution in [0.5, 0.6) is 0 Å². The van der Waals surface area contributed by atoms with Crippen molar-refractivity contribution >= 4 is 5.91 Å². The maximum Gasteiger partial charge on any atom is 0.226 e. The van der Waals surface area contributed by atoms with Gasteiger partial charge in [0.2, 0.25) is 5.91 Å². The molecule has 1 saturated carbocycles. The molecule has 4 nitrogen and oxygen atoms in total. The number of carbonyl (C=O) groups is 1. The van der Waals surface area contributed by atoms with E-state index in [1.807, 2.05) is 4.90 Å². The molecule has 0 aromatic heterocycles. The summed E-state index contributed by atoms with van der Waals surface area (Å²) in [4.78, 5) is 18.5. The smallest absolute Gasteiger partial charge is 0.226 e. The molecule has 1 saturated heterocycles. The highest BCUT2D eigenvalue weighted by Crippen LogP contribution is 2.33. The highest BCUT2D eigenvalue weighted by molar-refractivity contribution is 5.81. The Morgan fingerprint density at radius 3 is 2.79 bits per heavy atom. The Kier molecular flexibility index (Phi) is 3.03. The Bertz CT molecular complexity index is 214. The summed E-state index contributed by atoms with van der Waals surface area (Å²) >= 11 is 0. The lowest BCUT2D eigenvalue weighted by atomic mass is 10.0. The summed E-state index contributed by atoms with van der Waals surface area (Å²) in [6, 6.07) is 0.224. The molecule has 0 bridgehead atoms. The van der Waals surface area contributed by atoms with E-state index in [0.29, 0.717) is 18.4 Å². The zero-order valence-corrected chi connectivity index (χ0v) is 8.45. The Hall–Kier alpha value is -0.610. The molecule has 1 atom stereocenters. The van der Waals surface area contributed by atoms with Gasteiger partial charge in [-0.2, -0.15) is 0 Å². The third-order valence-electron chi connectivity index (χ3n) is 3.13. The van der Waals surface area contributed by atoms with Crippen molar-refractivity contribution in [3.8, 4) is 0 Å². The topological polar surface area (TPSA) is 55.6 Å². The molecule has 1 amide bonds. The van der Waals surface area contributed by atoms with Gasteiger partial charge in [-0.05, 0) is 32.1 Å². The van der Waals surface area contributed by atoms with Crippen molar-refractivity contribution in [2.75, 3.05) is 13.2 Å². The van der Waals surface area contributed by atoms with Crippen molar-refractivity contribution in [3.05, 3.63) is 0 Å². The van der Waals surface area contributed by atoms with E-state index >= 15 is 0 Å². The maximum atomic E-state index is 11.9. The minimum absolute atomic E-state index is 0.224. The summed E-state index contributed by atoms with van der Waals surface area (Å²) in [5, 5.41) is 0. The Labute approximate surface area is 84.3 Å². The van der Waals surface area contributed by atoms with Crippen molar-refractivity contribution in [2.24, 2.45) is 11.8 Å². The van der Waals surface area contributed by atoms with Gasteiger partial charge in [-0.1, -0.05) is 0 Å². The molecule has 0 aromatic carbocycles. The first kappa shape index (κ1) is 9.93. The average Bonchev–Trinajstić information content (AvgIpc) is 3.01. The molecule has 1 heterocycles. The summed E-state index contributed by atoms with van der Waals surface area (Å²) in [6.07, 6.45) is 5.49. The summed E-state index contributed by atoms with van der Waals surface area (Å²) in [5.74, 6) is 5.71. The molecule has 0 spiro atoms. The van der Waals surface area contributed by atoms with Gasteiger partial charge in [-0.25, -0.2) is 5.90 Å². The van der Waals surface area contributed by atoms with Crippen molar-refractivity contribution < 1.29 is 9.63 Å². The highest BCUT2D eigenvalue weighted by atomic mass is 16.6. The van der Waals surface area contributed by atoms with Crippen molar-refractivity contribution in [3.63, 3.8) is 0 Å². The van der Waals surface area contributed by atoms with Crippen molar-refractivity contribution in [1.82, 2.24) is 4.90 Å². The van der Waals surface area contributed by atoms with E-state index in [2.05, 4.69) is 4.84 Å². The molecule has 14 heavy (non-hydrogen) atoms. The summed E-state index contributed by atoms with van der Waals surface area (Å²) in [6.45, 7) is 1.38. The van der Waals surface area contributed by atoms with Crippen LogP contribution in [0.15, 0.2) is 0 Å². The van der Waals surface area contributed by atoms with Crippen LogP contribution in [0, 0.1) is 5.92 Å². The Morgan fingerprint density at radius 2 is 2.14 bits per heavy atom. The zero-order valence-electron chi connectivity index (χ0n) is 8.45. The zero-order chi connectivity index (χ0) is 9.97. The van der Waals surface area contributed by atoms with Crippen LogP contribution in [0.1, 0.15) is 32.1 Å². The lowest BCUT2D eigenvalue weighted by molar-refractivity contribution is -0.138. The van der Waals surface area contributed by atoms with E-state index in [9.17, 15) is 4.79 Å². The van der Waals surface area contributed by atoms with E-state index in [4.69, 9.17) is 5.90 Å². The minimum atomic E-state index is 0.224. The number of rotatable bonds is 3. The number of nitrogens with two attached hydrogens (primary N) is 1. The molecular formula is C10H18N2O2. The van der Waals surface area contributed by atoms with Gasteiger partial charge in [0.05, 0.1) is 12.6 Å². The monoisotopic (exact) mass is 198 g/mol. The number of carbonyl (C=O) groups excluding carboxylic acids is 1. The lowest BCUT2D eigenvalue weighted by Gasteiger charge is -2.35. The Balaban J connectivity index is 1.94. The molecule has 1 aliphatic carbocycles. The second kappa shape index (κ2) is 4.28. The first-order valence-corrected chi connectivity index (χ1v) is 5.45. The third-order valence-corrected chi connectivity index (χ3v) is 3.13. The molecule has 1 aliphatic heterocycles. The van der Waals surface area contributed by atoms with Gasteiger partial charge in [0.15, 0.2) is 0 Å². The van der Waals surface area contributed by atoms with Crippen LogP contribution in [0.2, 0.25) is 0 Å². The number of hydrogen-bond acceptors (Lipinski definition) is 3. The normalized spacial score (nSPS) is 27.8. The number of hydrogen-bond donors (Lipinski definition) is 1. The number of amides is 1. The second-order valence-corrected chi connectivity index (χ2v) is 4.29. The largest absolute Gasteiger partial charge is 0.337 e. The molecular weight excluding hydrogens is 180 g/mol. The SMILES string of the molecule is NOCC1CCCCN1C(=O)C1CC1. The molecule has 0 aromatic rings. The molecule has 80 valence electrons. The minimum Gasteiger partial charge on any atom is -0.337 e. The third kappa shape index (κ3) is 2.07. The molecule has 1 unspecified atom stereocenters. The maximum absolute atomic E-state index is 11.9. The molecule has 2 aliphatic rings. The predicted octanol–water partition coefficient (Wildman–Crippen LogP) is 0.668. The highest BCUT2D eigenvalue weighted by Gasteiger charge is 2.37. The first-order valence-electron chi connectivity index (χ1n) is 5.45. The van der Waals surface area contributed by atoms with Gasteiger partial charge >= 0.3 is 0 Å². The number of likely N-dealkylation sites (tertiary alicyclic amines) is 1. The van der Waals surface area contributed by atoms with E-state index in [0.717, 1.165) is 32.2 Å². The van der Waals surface area contributed by atoms with Crippen molar-refractivity contribution in [2.45, 2.75) is 38.1 Å². The lowest BCUT2D eigenvalue weighted by Crippen LogP contribution is -2.47. The average molecular weight is 198 g/mol. The molecule has 0 radical (unpaired) electrons. The number of piperidine rings is 1. The van der Waals surface area contributed by atoms with Crippen LogP contribution in [-0.2, 0) is 9.63 Å².